The zero-order valence-electron chi connectivity index (χ0n) is 48.7. The summed E-state index contributed by atoms with van der Waals surface area (Å²) in [7, 11) is -17.6. The minimum Gasteiger partial charge on any atom is -0.790 e. The summed E-state index contributed by atoms with van der Waals surface area (Å²) in [5.41, 5.74) is 7.42. The molecular weight excluding hydrogens is 1290 g/mol. The molecule has 1 aliphatic rings. The fourth-order valence-electron chi connectivity index (χ4n) is 7.53. The number of aromatic hydroxyl groups is 4. The van der Waals surface area contributed by atoms with Gasteiger partial charge < -0.3 is 99.3 Å². The number of aliphatic hydroxyl groups excluding tert-OH is 3. The number of hydrogen-bond acceptors (Lipinski definition) is 29. The van der Waals surface area contributed by atoms with Crippen LogP contribution in [0.5, 0.6) is 23.0 Å². The number of hydrogen-bond donors (Lipinski definition) is 10. The second-order valence-corrected chi connectivity index (χ2v) is 25.0. The van der Waals surface area contributed by atoms with Crippen molar-refractivity contribution in [2.75, 3.05) is 51.0 Å². The number of phenolic OH excluding ortho intramolecular Hbond substituents is 4. The molecule has 7 atom stereocenters. The Labute approximate surface area is 529 Å². The van der Waals surface area contributed by atoms with Crippen LogP contribution in [-0.2, 0) is 60.2 Å². The number of fused-ring (bicyclic) bond motifs is 1. The van der Waals surface area contributed by atoms with E-state index in [1.807, 2.05) is 0 Å². The predicted molar refractivity (Wildman–Crippen MR) is 325 cm³/mol. The third-order valence-electron chi connectivity index (χ3n) is 12.2. The second-order valence-electron chi connectivity index (χ2n) is 19.8. The molecule has 1 fully saturated rings. The van der Waals surface area contributed by atoms with Gasteiger partial charge in [-0.25, -0.2) is 24.1 Å². The number of aromatic nitrogens is 4. The molecule has 11 N–H and O–H groups in total. The number of anilines is 1. The molecule has 0 saturated carbocycles. The van der Waals surface area contributed by atoms with E-state index in [1.54, 1.807) is 121 Å². The Balaban J connectivity index is 0.000000375. The van der Waals surface area contributed by atoms with Crippen molar-refractivity contribution in [1.29, 1.82) is 0 Å². The van der Waals surface area contributed by atoms with Gasteiger partial charge in [0.15, 0.2) is 17.7 Å². The number of rotatable bonds is 28. The van der Waals surface area contributed by atoms with E-state index in [-0.39, 0.29) is 83.6 Å². The van der Waals surface area contributed by atoms with Gasteiger partial charge >= 0.3 is 5.97 Å². The van der Waals surface area contributed by atoms with E-state index in [1.165, 1.54) is 38.1 Å². The van der Waals surface area contributed by atoms with Crippen LogP contribution >= 0.6 is 35.2 Å². The highest BCUT2D eigenvalue weighted by Crippen LogP contribution is 2.56. The van der Waals surface area contributed by atoms with E-state index in [2.05, 4.69) is 43.5 Å². The number of nitrogens with two attached hydrogens (primary N) is 1. The lowest BCUT2D eigenvalue weighted by molar-refractivity contribution is -0.347. The maximum atomic E-state index is 12.6. The van der Waals surface area contributed by atoms with E-state index in [0.717, 1.165) is 45.7 Å². The Kier molecular flexibility index (Phi) is 29.0. The fourth-order valence-corrected chi connectivity index (χ4v) is 10.8. The largest absolute Gasteiger partial charge is 0.790 e. The van der Waals surface area contributed by atoms with Gasteiger partial charge in [-0.1, -0.05) is 98.4 Å². The number of carbonyl (C=O) groups is 4. The van der Waals surface area contributed by atoms with Gasteiger partial charge in [0.1, 0.15) is 65.9 Å². The number of nitrogens with one attached hydrogen (secondary N) is 2. The summed E-state index contributed by atoms with van der Waals surface area (Å²) in [5, 5.41) is 70.9. The summed E-state index contributed by atoms with van der Waals surface area (Å²) >= 11 is 0.945. The summed E-state index contributed by atoms with van der Waals surface area (Å²) in [6.07, 6.45) is 5.12. The third-order valence-corrected chi connectivity index (χ3v) is 16.0. The third kappa shape index (κ3) is 26.3. The van der Waals surface area contributed by atoms with E-state index in [0.29, 0.717) is 5.56 Å². The Morgan fingerprint density at radius 3 is 1.80 bits per heavy atom. The highest BCUT2D eigenvalue weighted by Gasteiger charge is 2.47. The Bertz CT molecular complexity index is 3670. The van der Waals surface area contributed by atoms with Gasteiger partial charge in [0, 0.05) is 36.8 Å². The van der Waals surface area contributed by atoms with Gasteiger partial charge in [-0.05, 0) is 89.0 Å². The molecule has 0 aliphatic carbocycles. The summed E-state index contributed by atoms with van der Waals surface area (Å²) in [4.78, 5) is 108. The molecule has 0 spiro atoms. The molecule has 3 heterocycles. The van der Waals surface area contributed by atoms with Crippen molar-refractivity contribution in [3.63, 3.8) is 0 Å². The van der Waals surface area contributed by atoms with Crippen LogP contribution in [0.2, 0.25) is 0 Å². The van der Waals surface area contributed by atoms with Crippen LogP contribution in [0.15, 0.2) is 134 Å². The van der Waals surface area contributed by atoms with Crippen molar-refractivity contribution < 1.29 is 116 Å². The first-order valence-corrected chi connectivity index (χ1v) is 32.4. The molecule has 0 radical (unpaired) electrons. The molecule has 7 unspecified atom stereocenters. The highest BCUT2D eigenvalue weighted by atomic mass is 32.2. The lowest BCUT2D eigenvalue weighted by Gasteiger charge is -2.36. The number of phosphoric ester groups is 3. The molecule has 2 amide bonds. The Morgan fingerprint density at radius 2 is 1.26 bits per heavy atom. The number of phenols is 4. The van der Waals surface area contributed by atoms with Gasteiger partial charge in [-0.15, -0.1) is 0 Å². The fraction of sp³-hybridized carbons (Fsp3) is 0.281. The normalized spacial score (nSPS) is 17.5. The number of amides is 2. The van der Waals surface area contributed by atoms with Gasteiger partial charge in [0.25, 0.3) is 15.6 Å². The quantitative estimate of drug-likeness (QED) is 0.0146. The number of nitrogen functional groups attached to an aromatic ring is 1. The number of carbonyl (C=O) groups excluding carboxylic acids is 4. The molecule has 2 aromatic heterocycles. The zero-order valence-corrected chi connectivity index (χ0v) is 52.2. The average molecular weight is 1360 g/mol. The van der Waals surface area contributed by atoms with Crippen LogP contribution in [0.1, 0.15) is 48.8 Å². The Morgan fingerprint density at radius 1 is 0.739 bits per heavy atom. The first kappa shape index (κ1) is 74.8. The topological polar surface area (TPSA) is 502 Å². The predicted octanol–water partition coefficient (Wildman–Crippen LogP) is 2.32. The van der Waals surface area contributed by atoms with E-state index >= 15 is 0 Å². The van der Waals surface area contributed by atoms with E-state index in [4.69, 9.17) is 35.6 Å². The van der Waals surface area contributed by atoms with Gasteiger partial charge in [0.05, 0.1) is 34.0 Å². The molecule has 496 valence electrons. The SMILES string of the molecule is CC(C)(COP(=O)([O-])OP(=O)([O-])OCC1OC(n2cnc3c(N)ncnc32)C(O)C1OP(=O)([O-])[O-])C(O)C(=O)NCCC(=O)NCCSC(=O)/C=C/c1ccc(O)cc1.O=C(/C=C/c1ccc(O)cc1)OC/C=C/c1ccc(O)cc1.OC/C=C/c1ccc(O)cc1. The van der Waals surface area contributed by atoms with Crippen molar-refractivity contribution in [3.05, 3.63) is 156 Å². The first-order valence-electron chi connectivity index (χ1n) is 27.0. The molecule has 7 rings (SSSR count). The van der Waals surface area contributed by atoms with Crippen LogP contribution < -0.4 is 35.9 Å². The molecule has 1 aliphatic heterocycles. The summed E-state index contributed by atoms with van der Waals surface area (Å²) < 4.78 is 65.5. The van der Waals surface area contributed by atoms with Crippen LogP contribution in [-0.4, -0.2) is 148 Å². The average Bonchev–Trinajstić information content (AvgIpc) is 1.62. The zero-order chi connectivity index (χ0) is 67.7. The lowest BCUT2D eigenvalue weighted by Crippen LogP contribution is -2.46. The Hall–Kier alpha value is -7.97. The first-order chi connectivity index (χ1) is 43.4. The number of esters is 1. The van der Waals surface area contributed by atoms with Gasteiger partial charge in [-0.3, -0.25) is 28.1 Å². The molecular formula is C57H64N7O24P3S-4. The van der Waals surface area contributed by atoms with Crippen molar-refractivity contribution in [2.24, 2.45) is 5.41 Å². The van der Waals surface area contributed by atoms with E-state index in [9.17, 15) is 67.8 Å². The maximum Gasteiger partial charge on any atom is 0.331 e. The molecule has 1 saturated heterocycles. The number of benzene rings is 4. The number of imidazole rings is 1. The minimum atomic E-state index is -5.93. The van der Waals surface area contributed by atoms with Gasteiger partial charge in [-0.2, -0.15) is 0 Å². The van der Waals surface area contributed by atoms with E-state index < -0.39 is 90.5 Å². The molecule has 0 bridgehead atoms. The molecule has 4 aromatic carbocycles. The van der Waals surface area contributed by atoms with Gasteiger partial charge in [0.2, 0.25) is 16.9 Å². The van der Waals surface area contributed by atoms with Crippen molar-refractivity contribution >= 4 is 99.4 Å². The summed E-state index contributed by atoms with van der Waals surface area (Å²) in [6.45, 7) is 0.154. The molecule has 35 heteroatoms. The number of thioether (sulfide) groups is 1. The van der Waals surface area contributed by atoms with Crippen LogP contribution in [0.3, 0.4) is 0 Å². The number of ether oxygens (including phenoxy) is 2. The highest BCUT2D eigenvalue weighted by molar-refractivity contribution is 8.14. The maximum absolute atomic E-state index is 12.6. The molecule has 92 heavy (non-hydrogen) atoms. The van der Waals surface area contributed by atoms with Crippen molar-refractivity contribution in [1.82, 2.24) is 30.2 Å². The second kappa shape index (κ2) is 35.7. The number of nitrogens with zero attached hydrogens (tertiary/aromatic N) is 4. The summed E-state index contributed by atoms with van der Waals surface area (Å²) in [5.74, 6) is -1.08. The number of aliphatic hydroxyl groups is 3. The number of phosphoric acid groups is 3. The standard InChI is InChI=1S/C30H42N7O18P3S.C18H16O4.C9H10O2/c1-30(2,25(42)28(43)33-10-9-20(39)32-11-12-59-21(40)8-5-17-3-6-18(38)7-4-17)14-52-58(49,50)55-57(47,48)51-13-19-24(54-56(44,45)46)23(41)29(53-19)37-16-36-22-26(31)34-15-35-27(22)37;19-16-8-3-14(4-9-16)2-1-13-22-18(21)12-7-15-5-10-17(20)11-6-15;10-7-1-2-8-3-5-9(11)6-4-8/h3-8,15-16,19,23-25,29,38,41-42H,9-14H2,1-2H3,(H,32,39)(H,33,43)(H,47,48)(H,49,50)(H2,31,34,35)(H2,44,45,46);1-12,19-20H,13H2;1-6,10-11H,7H2/p-4/b8-5+;2-1+,12-7+;2-1+. The lowest BCUT2D eigenvalue weighted by atomic mass is 9.87. The molecule has 31 nitrogen and oxygen atoms in total. The molecule has 6 aromatic rings. The van der Waals surface area contributed by atoms with Crippen LogP contribution in [0.4, 0.5) is 5.82 Å². The van der Waals surface area contributed by atoms with Crippen LogP contribution in [0.25, 0.3) is 35.5 Å². The van der Waals surface area contributed by atoms with Crippen LogP contribution in [0, 0.1) is 5.41 Å². The van der Waals surface area contributed by atoms with Crippen molar-refractivity contribution in [2.45, 2.75) is 50.9 Å². The van der Waals surface area contributed by atoms with Crippen molar-refractivity contribution in [3.8, 4) is 23.0 Å². The smallest absolute Gasteiger partial charge is 0.331 e. The summed E-state index contributed by atoms with van der Waals surface area (Å²) in [6, 6.07) is 26.2. The monoisotopic (exact) mass is 1360 g/mol. The minimum absolute atomic E-state index is 0.0275.